The molecule has 2 N–H and O–H groups in total. The molecule has 0 atom stereocenters. The first-order chi connectivity index (χ1) is 12.8. The fraction of sp³-hybridized carbons (Fsp3) is 0.600. The summed E-state index contributed by atoms with van der Waals surface area (Å²) in [6.07, 6.45) is 9.32. The van der Waals surface area contributed by atoms with Crippen LogP contribution in [0.15, 0.2) is 24.3 Å². The second kappa shape index (κ2) is 8.25. The van der Waals surface area contributed by atoms with Crippen molar-refractivity contribution in [2.45, 2.75) is 63.5 Å². The van der Waals surface area contributed by atoms with Gasteiger partial charge in [-0.1, -0.05) is 49.2 Å². The molecule has 2 heterocycles. The number of anilines is 1. The summed E-state index contributed by atoms with van der Waals surface area (Å²) in [7, 11) is 0. The number of thiazole rings is 1. The Labute approximate surface area is 159 Å². The molecular weight excluding hydrogens is 344 g/mol. The molecule has 5 nitrogen and oxygen atoms in total. The summed E-state index contributed by atoms with van der Waals surface area (Å²) in [5.41, 5.74) is 1.08. The third-order valence-electron chi connectivity index (χ3n) is 5.57. The Hall–Kier alpha value is -1.82. The second-order valence-electron chi connectivity index (χ2n) is 7.53. The Balaban J connectivity index is 1.26. The zero-order valence-electron chi connectivity index (χ0n) is 15.2. The van der Waals surface area contributed by atoms with Crippen LogP contribution in [0, 0.1) is 0 Å². The fourth-order valence-electron chi connectivity index (χ4n) is 4.05. The van der Waals surface area contributed by atoms with Crippen molar-refractivity contribution in [3.63, 3.8) is 0 Å². The molecule has 0 unspecified atom stereocenters. The lowest BCUT2D eigenvalue weighted by Crippen LogP contribution is -2.50. The molecule has 2 fully saturated rings. The van der Waals surface area contributed by atoms with E-state index in [-0.39, 0.29) is 12.1 Å². The van der Waals surface area contributed by atoms with Gasteiger partial charge in [-0.05, 0) is 37.8 Å². The van der Waals surface area contributed by atoms with Crippen LogP contribution in [0.2, 0.25) is 0 Å². The van der Waals surface area contributed by atoms with Crippen molar-refractivity contribution in [2.24, 2.45) is 0 Å². The summed E-state index contributed by atoms with van der Waals surface area (Å²) in [6, 6.07) is 8.95. The number of carbonyl (C=O) groups is 1. The van der Waals surface area contributed by atoms with E-state index in [2.05, 4.69) is 33.7 Å². The zero-order valence-corrected chi connectivity index (χ0v) is 16.1. The molecule has 26 heavy (non-hydrogen) atoms. The zero-order chi connectivity index (χ0) is 17.8. The molecule has 0 spiro atoms. The maximum Gasteiger partial charge on any atom is 0.315 e. The van der Waals surface area contributed by atoms with Crippen LogP contribution in [-0.4, -0.2) is 36.2 Å². The number of para-hydroxylation sites is 1. The van der Waals surface area contributed by atoms with Crippen molar-refractivity contribution >= 4 is 32.7 Å². The molecule has 4 rings (SSSR count). The average Bonchev–Trinajstić information content (AvgIpc) is 2.93. The highest BCUT2D eigenvalue weighted by atomic mass is 32.1. The van der Waals surface area contributed by atoms with Gasteiger partial charge in [-0.3, -0.25) is 0 Å². The topological polar surface area (TPSA) is 57.3 Å². The third-order valence-corrected chi connectivity index (χ3v) is 6.67. The van der Waals surface area contributed by atoms with E-state index in [4.69, 9.17) is 4.98 Å². The minimum atomic E-state index is 0.0235. The van der Waals surface area contributed by atoms with E-state index in [0.717, 1.165) is 49.4 Å². The van der Waals surface area contributed by atoms with E-state index in [1.165, 1.54) is 30.4 Å². The number of amides is 2. The number of fused-ring (bicyclic) bond motifs is 1. The number of urea groups is 1. The summed E-state index contributed by atoms with van der Waals surface area (Å²) >= 11 is 1.76. The van der Waals surface area contributed by atoms with E-state index >= 15 is 0 Å². The van der Waals surface area contributed by atoms with Gasteiger partial charge in [0.1, 0.15) is 0 Å². The van der Waals surface area contributed by atoms with E-state index in [0.29, 0.717) is 6.04 Å². The number of nitrogens with zero attached hydrogens (tertiary/aromatic N) is 2. The van der Waals surface area contributed by atoms with Gasteiger partial charge in [0, 0.05) is 25.2 Å². The number of benzene rings is 1. The molecule has 1 aromatic heterocycles. The van der Waals surface area contributed by atoms with Crippen LogP contribution in [0.25, 0.3) is 10.2 Å². The van der Waals surface area contributed by atoms with E-state index in [9.17, 15) is 4.79 Å². The lowest BCUT2D eigenvalue weighted by molar-refractivity contribution is 0.229. The monoisotopic (exact) mass is 372 g/mol. The summed E-state index contributed by atoms with van der Waals surface area (Å²) in [5.74, 6) is 0. The van der Waals surface area contributed by atoms with Crippen LogP contribution >= 0.6 is 11.3 Å². The summed E-state index contributed by atoms with van der Waals surface area (Å²) < 4.78 is 1.24. The van der Waals surface area contributed by atoms with Crippen molar-refractivity contribution < 1.29 is 4.79 Å². The van der Waals surface area contributed by atoms with Crippen LogP contribution in [0.4, 0.5) is 9.93 Å². The lowest BCUT2D eigenvalue weighted by Gasteiger charge is -2.32. The van der Waals surface area contributed by atoms with Gasteiger partial charge < -0.3 is 15.5 Å². The van der Waals surface area contributed by atoms with Gasteiger partial charge in [0.05, 0.1) is 10.2 Å². The van der Waals surface area contributed by atoms with Crippen molar-refractivity contribution in [1.82, 2.24) is 15.6 Å². The lowest BCUT2D eigenvalue weighted by atomic mass is 10.1. The van der Waals surface area contributed by atoms with Crippen LogP contribution in [0.5, 0.6) is 0 Å². The molecule has 2 amide bonds. The molecule has 1 saturated heterocycles. The predicted octanol–water partition coefficient (Wildman–Crippen LogP) is 4.29. The first-order valence-electron chi connectivity index (χ1n) is 9.95. The summed E-state index contributed by atoms with van der Waals surface area (Å²) in [4.78, 5) is 19.4. The van der Waals surface area contributed by atoms with E-state index in [1.807, 2.05) is 6.07 Å². The van der Waals surface area contributed by atoms with Crippen LogP contribution in [-0.2, 0) is 0 Å². The largest absolute Gasteiger partial charge is 0.348 e. The first kappa shape index (κ1) is 17.6. The van der Waals surface area contributed by atoms with Crippen molar-refractivity contribution in [1.29, 1.82) is 0 Å². The minimum absolute atomic E-state index is 0.0235. The second-order valence-corrected chi connectivity index (χ2v) is 8.54. The number of rotatable bonds is 3. The van der Waals surface area contributed by atoms with Crippen molar-refractivity contribution in [3.8, 4) is 0 Å². The molecular formula is C20H28N4OS. The number of carbonyl (C=O) groups excluding carboxylic acids is 1. The smallest absolute Gasteiger partial charge is 0.315 e. The highest BCUT2D eigenvalue weighted by molar-refractivity contribution is 7.22. The number of hydrogen-bond donors (Lipinski definition) is 2. The van der Waals surface area contributed by atoms with Crippen LogP contribution in [0.1, 0.15) is 51.4 Å². The molecule has 1 saturated carbocycles. The fourth-order valence-corrected chi connectivity index (χ4v) is 5.06. The average molecular weight is 373 g/mol. The Kier molecular flexibility index (Phi) is 5.58. The standard InChI is InChI=1S/C20H28N4OS/c25-19(21-15-7-3-1-2-4-8-15)22-16-11-13-24(14-12-16)20-23-17-9-5-6-10-18(17)26-20/h5-6,9-10,15-16H,1-4,7-8,11-14H2,(H2,21,22,25). The first-order valence-corrected chi connectivity index (χ1v) is 10.8. The molecule has 140 valence electrons. The van der Waals surface area contributed by atoms with Gasteiger partial charge in [0.2, 0.25) is 0 Å². The van der Waals surface area contributed by atoms with Gasteiger partial charge in [-0.25, -0.2) is 9.78 Å². The Morgan fingerprint density at radius 3 is 2.31 bits per heavy atom. The van der Waals surface area contributed by atoms with Crippen molar-refractivity contribution in [3.05, 3.63) is 24.3 Å². The van der Waals surface area contributed by atoms with Gasteiger partial charge >= 0.3 is 6.03 Å². The number of piperidine rings is 1. The maximum atomic E-state index is 12.3. The molecule has 1 aliphatic carbocycles. The van der Waals surface area contributed by atoms with Crippen molar-refractivity contribution in [2.75, 3.05) is 18.0 Å². The van der Waals surface area contributed by atoms with Gasteiger partial charge in [0.25, 0.3) is 0 Å². The predicted molar refractivity (Wildman–Crippen MR) is 108 cm³/mol. The summed E-state index contributed by atoms with van der Waals surface area (Å²) in [5, 5.41) is 7.49. The number of nitrogens with one attached hydrogen (secondary N) is 2. The van der Waals surface area contributed by atoms with Gasteiger partial charge in [-0.2, -0.15) is 0 Å². The van der Waals surface area contributed by atoms with Gasteiger partial charge in [0.15, 0.2) is 5.13 Å². The van der Waals surface area contributed by atoms with Crippen LogP contribution < -0.4 is 15.5 Å². The molecule has 1 aliphatic heterocycles. The molecule has 2 aromatic rings. The highest BCUT2D eigenvalue weighted by Gasteiger charge is 2.23. The molecule has 2 aliphatic rings. The number of hydrogen-bond acceptors (Lipinski definition) is 4. The maximum absolute atomic E-state index is 12.3. The third kappa shape index (κ3) is 4.29. The van der Waals surface area contributed by atoms with Gasteiger partial charge in [-0.15, -0.1) is 0 Å². The normalized spacial score (nSPS) is 20.1. The minimum Gasteiger partial charge on any atom is -0.348 e. The SMILES string of the molecule is O=C(NC1CCCCCC1)NC1CCN(c2nc3ccccc3s2)CC1. The van der Waals surface area contributed by atoms with E-state index in [1.54, 1.807) is 11.3 Å². The number of aromatic nitrogens is 1. The Morgan fingerprint density at radius 2 is 1.62 bits per heavy atom. The Bertz CT molecular complexity index is 697. The van der Waals surface area contributed by atoms with Crippen LogP contribution in [0.3, 0.4) is 0 Å². The molecule has 0 radical (unpaired) electrons. The van der Waals surface area contributed by atoms with E-state index < -0.39 is 0 Å². The molecule has 1 aromatic carbocycles. The summed E-state index contributed by atoms with van der Waals surface area (Å²) in [6.45, 7) is 1.91. The Morgan fingerprint density at radius 1 is 0.962 bits per heavy atom. The quantitative estimate of drug-likeness (QED) is 0.791. The molecule has 6 heteroatoms. The highest BCUT2D eigenvalue weighted by Crippen LogP contribution is 2.30. The molecule has 0 bridgehead atoms.